The molecule has 3 heteroatoms. The Morgan fingerprint density at radius 2 is 1.07 bits per heavy atom. The van der Waals surface area contributed by atoms with Gasteiger partial charge in [-0.2, -0.15) is 5.26 Å². The van der Waals surface area contributed by atoms with E-state index < -0.39 is 11.6 Å². The third kappa shape index (κ3) is 4.30. The first kappa shape index (κ1) is 20.5. The third-order valence-corrected chi connectivity index (χ3v) is 4.98. The second kappa shape index (κ2) is 9.75. The smallest absolute Gasteiger partial charge is 0.130 e. The zero-order valence-corrected chi connectivity index (χ0v) is 16.3. The van der Waals surface area contributed by atoms with Gasteiger partial charge in [-0.1, -0.05) is 103 Å². The molecule has 0 radical (unpaired) electrons. The molecule has 0 aliphatic carbocycles. The Morgan fingerprint density at radius 3 is 1.30 bits per heavy atom. The van der Waals surface area contributed by atoms with E-state index in [1.807, 2.05) is 91.0 Å². The highest BCUT2D eigenvalue weighted by atomic mass is 32.1. The summed E-state index contributed by atoms with van der Waals surface area (Å²) < 4.78 is 14.5. The van der Waals surface area contributed by atoms with Crippen molar-refractivity contribution in [1.29, 1.82) is 5.26 Å². The average Bonchev–Trinajstić information content (AvgIpc) is 2.71. The summed E-state index contributed by atoms with van der Waals surface area (Å²) in [6.45, 7) is 2.95. The van der Waals surface area contributed by atoms with Crippen molar-refractivity contribution in [3.8, 4) is 6.07 Å². The predicted octanol–water partition coefficient (Wildman–Crippen LogP) is 6.28. The van der Waals surface area contributed by atoms with Crippen LogP contribution in [0, 0.1) is 11.3 Å². The summed E-state index contributed by atoms with van der Waals surface area (Å²) in [6.07, 6.45) is -1.21. The van der Waals surface area contributed by atoms with Crippen LogP contribution in [0.4, 0.5) is 4.39 Å². The molecule has 1 unspecified atom stereocenters. The van der Waals surface area contributed by atoms with Crippen molar-refractivity contribution in [3.63, 3.8) is 0 Å². The summed E-state index contributed by atoms with van der Waals surface area (Å²) in [5.74, 6) is 0. The van der Waals surface area contributed by atoms with Gasteiger partial charge < -0.3 is 0 Å². The fourth-order valence-electron chi connectivity index (χ4n) is 3.29. The van der Waals surface area contributed by atoms with Gasteiger partial charge in [0.2, 0.25) is 0 Å². The zero-order valence-electron chi connectivity index (χ0n) is 15.5. The first-order chi connectivity index (χ1) is 13.1. The number of hydrogen-bond acceptors (Lipinski definition) is 2. The van der Waals surface area contributed by atoms with Crippen LogP contribution in [0.2, 0.25) is 0 Å². The van der Waals surface area contributed by atoms with Gasteiger partial charge in [0.1, 0.15) is 6.17 Å². The highest BCUT2D eigenvalue weighted by molar-refractivity contribution is 7.80. The number of halogens is 1. The van der Waals surface area contributed by atoms with E-state index in [1.165, 1.54) is 13.8 Å². The quantitative estimate of drug-likeness (QED) is 0.387. The van der Waals surface area contributed by atoms with E-state index in [9.17, 15) is 4.39 Å². The van der Waals surface area contributed by atoms with Crippen molar-refractivity contribution in [3.05, 3.63) is 108 Å². The molecule has 0 aliphatic rings. The van der Waals surface area contributed by atoms with Crippen molar-refractivity contribution >= 4 is 17.1 Å². The second-order valence-corrected chi connectivity index (χ2v) is 6.49. The number of alkyl halides is 1. The van der Waals surface area contributed by atoms with Crippen LogP contribution in [-0.4, -0.2) is 11.0 Å². The molecule has 0 saturated carbocycles. The van der Waals surface area contributed by atoms with Crippen LogP contribution < -0.4 is 0 Å². The van der Waals surface area contributed by atoms with E-state index in [0.717, 1.165) is 16.7 Å². The lowest BCUT2D eigenvalue weighted by molar-refractivity contribution is 0.446. The third-order valence-electron chi connectivity index (χ3n) is 4.35. The summed E-state index contributed by atoms with van der Waals surface area (Å²) in [6, 6.07) is 31.6. The number of rotatable bonds is 5. The van der Waals surface area contributed by atoms with Gasteiger partial charge in [-0.25, -0.2) is 4.39 Å². The van der Waals surface area contributed by atoms with Crippen LogP contribution in [0.25, 0.3) is 0 Å². The molecule has 0 heterocycles. The summed E-state index contributed by atoms with van der Waals surface area (Å²) in [5.41, 5.74) is 2.17. The number of benzene rings is 3. The molecule has 1 atom stereocenters. The van der Waals surface area contributed by atoms with Gasteiger partial charge in [-0.3, -0.25) is 0 Å². The normalized spacial score (nSPS) is 11.5. The topological polar surface area (TPSA) is 23.8 Å². The molecule has 0 aromatic heterocycles. The Balaban J connectivity index is 0.000000817. The lowest BCUT2D eigenvalue weighted by Gasteiger charge is -2.37. The first-order valence-corrected chi connectivity index (χ1v) is 9.15. The lowest BCUT2D eigenvalue weighted by Crippen LogP contribution is -2.41. The molecular formula is C24H22FNS. The molecular weight excluding hydrogens is 353 g/mol. The summed E-state index contributed by atoms with van der Waals surface area (Å²) in [5, 5.41) is 7.32. The Kier molecular flexibility index (Phi) is 7.40. The molecule has 3 aromatic carbocycles. The Morgan fingerprint density at radius 1 is 0.815 bits per heavy atom. The van der Waals surface area contributed by atoms with Gasteiger partial charge in [0.15, 0.2) is 0 Å². The van der Waals surface area contributed by atoms with E-state index in [1.54, 1.807) is 6.07 Å². The van der Waals surface area contributed by atoms with E-state index >= 15 is 0 Å². The van der Waals surface area contributed by atoms with Crippen LogP contribution in [0.5, 0.6) is 0 Å². The minimum atomic E-state index is -1.21. The van der Waals surface area contributed by atoms with Gasteiger partial charge in [-0.15, -0.1) is 0 Å². The van der Waals surface area contributed by atoms with Crippen LogP contribution >= 0.6 is 12.2 Å². The molecule has 0 bridgehead atoms. The predicted molar refractivity (Wildman–Crippen MR) is 114 cm³/mol. The molecule has 0 aliphatic heterocycles. The van der Waals surface area contributed by atoms with Gasteiger partial charge in [0, 0.05) is 11.8 Å². The molecule has 136 valence electrons. The average molecular weight is 376 g/mol. The molecule has 3 aromatic rings. The minimum absolute atomic E-state index is 0.381. The molecule has 3 rings (SSSR count). The van der Waals surface area contributed by atoms with Crippen LogP contribution in [0.1, 0.15) is 30.5 Å². The summed E-state index contributed by atoms with van der Waals surface area (Å²) in [4.78, 5) is 0.381. The number of nitriles is 1. The van der Waals surface area contributed by atoms with E-state index in [2.05, 4.69) is 0 Å². The number of thiocarbonyl (C=S) groups is 1. The number of hydrogen-bond donors (Lipinski definition) is 0. The molecule has 0 amide bonds. The molecule has 0 N–H and O–H groups in total. The van der Waals surface area contributed by atoms with Crippen molar-refractivity contribution in [2.75, 3.05) is 0 Å². The van der Waals surface area contributed by atoms with Gasteiger partial charge >= 0.3 is 0 Å². The lowest BCUT2D eigenvalue weighted by atomic mass is 9.66. The first-order valence-electron chi connectivity index (χ1n) is 8.74. The second-order valence-electron chi connectivity index (χ2n) is 6.05. The van der Waals surface area contributed by atoms with Crippen molar-refractivity contribution < 1.29 is 4.39 Å². The van der Waals surface area contributed by atoms with Crippen molar-refractivity contribution in [2.45, 2.75) is 25.4 Å². The SMILES string of the molecule is CC#N.CC(F)C(=S)C(c1ccccc1)(c1ccccc1)c1ccccc1. The van der Waals surface area contributed by atoms with E-state index in [0.29, 0.717) is 4.86 Å². The van der Waals surface area contributed by atoms with E-state index in [-0.39, 0.29) is 0 Å². The van der Waals surface area contributed by atoms with Gasteiger partial charge in [0.25, 0.3) is 0 Å². The number of nitrogens with zero attached hydrogens (tertiary/aromatic N) is 1. The van der Waals surface area contributed by atoms with Crippen molar-refractivity contribution in [1.82, 2.24) is 0 Å². The summed E-state index contributed by atoms with van der Waals surface area (Å²) >= 11 is 5.68. The van der Waals surface area contributed by atoms with Crippen LogP contribution in [0.3, 0.4) is 0 Å². The Bertz CT molecular complexity index is 787. The molecule has 0 saturated heterocycles. The fourth-order valence-corrected chi connectivity index (χ4v) is 3.64. The maximum atomic E-state index is 14.5. The molecule has 0 fully saturated rings. The summed E-state index contributed by atoms with van der Waals surface area (Å²) in [7, 11) is 0. The Labute approximate surface area is 166 Å². The largest absolute Gasteiger partial charge is 0.242 e. The Hall–Kier alpha value is -2.83. The van der Waals surface area contributed by atoms with E-state index in [4.69, 9.17) is 17.5 Å². The van der Waals surface area contributed by atoms with Gasteiger partial charge in [-0.05, 0) is 23.6 Å². The maximum absolute atomic E-state index is 14.5. The molecule has 1 nitrogen and oxygen atoms in total. The molecule has 27 heavy (non-hydrogen) atoms. The van der Waals surface area contributed by atoms with Crippen LogP contribution in [0.15, 0.2) is 91.0 Å². The minimum Gasteiger partial charge on any atom is -0.242 e. The fraction of sp³-hybridized carbons (Fsp3) is 0.167. The molecule has 0 spiro atoms. The highest BCUT2D eigenvalue weighted by Crippen LogP contribution is 2.42. The maximum Gasteiger partial charge on any atom is 0.130 e. The van der Waals surface area contributed by atoms with Crippen molar-refractivity contribution in [2.24, 2.45) is 0 Å². The standard InChI is InChI=1S/C22H19FS.C2H3N/c1-17(23)21(24)22(18-11-5-2-6-12-18,19-13-7-3-8-14-19)20-15-9-4-10-16-20;1-2-3/h2-17H,1H3;1H3. The van der Waals surface area contributed by atoms with Crippen LogP contribution in [-0.2, 0) is 5.41 Å². The zero-order chi connectivity index (χ0) is 19.7. The monoisotopic (exact) mass is 375 g/mol. The highest BCUT2D eigenvalue weighted by Gasteiger charge is 2.42. The van der Waals surface area contributed by atoms with Gasteiger partial charge in [0.05, 0.1) is 11.5 Å².